The van der Waals surface area contributed by atoms with E-state index in [4.69, 9.17) is 4.74 Å². The number of carboxylic acid groups (broad SMARTS) is 1. The van der Waals surface area contributed by atoms with Crippen LogP contribution in [0.2, 0.25) is 0 Å². The average Bonchev–Trinajstić information content (AvgIpc) is 2.98. The molecule has 4 rings (SSSR count). The number of carboxylic acids is 1. The lowest BCUT2D eigenvalue weighted by Gasteiger charge is -2.20. The summed E-state index contributed by atoms with van der Waals surface area (Å²) in [6.45, 7) is 2.31. The highest BCUT2D eigenvalue weighted by Gasteiger charge is 2.24. The van der Waals surface area contributed by atoms with Gasteiger partial charge in [0.25, 0.3) is 5.91 Å². The Morgan fingerprint density at radius 1 is 0.950 bits per heavy atom. The highest BCUT2D eigenvalue weighted by Crippen LogP contribution is 2.31. The number of hydrogen-bond acceptors (Lipinski definition) is 5. The van der Waals surface area contributed by atoms with E-state index in [0.29, 0.717) is 36.5 Å². The molecule has 0 aliphatic carbocycles. The highest BCUT2D eigenvalue weighted by molar-refractivity contribution is 7.98. The zero-order valence-corrected chi connectivity index (χ0v) is 23.6. The molecule has 40 heavy (non-hydrogen) atoms. The number of aliphatic carboxylic acids is 1. The van der Waals surface area contributed by atoms with E-state index in [0.717, 1.165) is 34.2 Å². The zero-order chi connectivity index (χ0) is 28.3. The fourth-order valence-corrected chi connectivity index (χ4v) is 5.06. The summed E-state index contributed by atoms with van der Waals surface area (Å²) < 4.78 is 6.10. The third kappa shape index (κ3) is 7.73. The Kier molecular flexibility index (Phi) is 10.4. The Hall–Kier alpha value is -4.10. The number of rotatable bonds is 13. The van der Waals surface area contributed by atoms with Crippen LogP contribution in [0.25, 0.3) is 11.1 Å². The molecule has 2 N–H and O–H groups in total. The largest absolute Gasteiger partial charge is 0.487 e. The van der Waals surface area contributed by atoms with Crippen molar-refractivity contribution >= 4 is 23.6 Å². The second kappa shape index (κ2) is 14.3. The number of aryl methyl sites for hydroxylation is 3. The van der Waals surface area contributed by atoms with E-state index in [-0.39, 0.29) is 0 Å². The van der Waals surface area contributed by atoms with E-state index in [1.54, 1.807) is 24.2 Å². The normalized spacial score (nSPS) is 11.6. The predicted molar refractivity (Wildman–Crippen MR) is 161 cm³/mol. The van der Waals surface area contributed by atoms with Crippen LogP contribution in [0.1, 0.15) is 39.0 Å². The number of ether oxygens (including phenoxy) is 1. The third-order valence-electron chi connectivity index (χ3n) is 6.79. The van der Waals surface area contributed by atoms with Gasteiger partial charge in [0.15, 0.2) is 0 Å². The lowest BCUT2D eigenvalue weighted by atomic mass is 9.89. The Morgan fingerprint density at radius 2 is 1.73 bits per heavy atom. The molecule has 0 saturated heterocycles. The summed E-state index contributed by atoms with van der Waals surface area (Å²) in [6.07, 6.45) is 7.12. The van der Waals surface area contributed by atoms with Gasteiger partial charge in [-0.3, -0.25) is 9.78 Å². The Bertz CT molecular complexity index is 1430. The summed E-state index contributed by atoms with van der Waals surface area (Å²) in [5.74, 6) is -0.138. The molecule has 0 radical (unpaired) electrons. The number of hydrogen-bond donors (Lipinski definition) is 2. The molecular formula is C33H34N2O4S. The second-order valence-corrected chi connectivity index (χ2v) is 10.6. The molecule has 0 bridgehead atoms. The average molecular weight is 555 g/mol. The lowest BCUT2D eigenvalue weighted by molar-refractivity contribution is -0.139. The number of aromatic nitrogens is 1. The minimum atomic E-state index is -1.04. The number of nitrogens with one attached hydrogen (secondary N) is 1. The number of carbonyl (C=O) groups is 2. The van der Waals surface area contributed by atoms with E-state index >= 15 is 0 Å². The number of thioether (sulfide) groups is 1. The van der Waals surface area contributed by atoms with Crippen molar-refractivity contribution in [3.8, 4) is 16.9 Å². The van der Waals surface area contributed by atoms with Crippen molar-refractivity contribution in [2.75, 3.05) is 12.0 Å². The van der Waals surface area contributed by atoms with Crippen LogP contribution in [-0.2, 0) is 24.2 Å². The van der Waals surface area contributed by atoms with Crippen molar-refractivity contribution in [2.24, 2.45) is 0 Å². The van der Waals surface area contributed by atoms with Crippen LogP contribution in [0.15, 0.2) is 91.3 Å². The first-order chi connectivity index (χ1) is 19.5. The van der Waals surface area contributed by atoms with Gasteiger partial charge >= 0.3 is 5.97 Å². The van der Waals surface area contributed by atoms with E-state index in [1.807, 2.05) is 79.9 Å². The molecule has 1 atom stereocenters. The summed E-state index contributed by atoms with van der Waals surface area (Å²) in [7, 11) is 0. The summed E-state index contributed by atoms with van der Waals surface area (Å²) >= 11 is 1.55. The summed E-state index contributed by atoms with van der Waals surface area (Å²) in [4.78, 5) is 29.8. The van der Waals surface area contributed by atoms with Crippen molar-refractivity contribution in [3.63, 3.8) is 0 Å². The fraction of sp³-hybridized carbons (Fsp3) is 0.242. The number of benzene rings is 3. The number of pyridine rings is 1. The molecule has 0 aliphatic heterocycles. The topological polar surface area (TPSA) is 88.5 Å². The van der Waals surface area contributed by atoms with Crippen LogP contribution in [0.3, 0.4) is 0 Å². The first-order valence-electron chi connectivity index (χ1n) is 13.3. The van der Waals surface area contributed by atoms with Crippen molar-refractivity contribution in [3.05, 3.63) is 119 Å². The SMILES string of the molecule is CSCC[C@H](NC(=O)c1cc(CCc2ccccc2)c(COc2cccnc2)cc1-c1ccccc1C)C(=O)O. The molecule has 0 fully saturated rings. The monoisotopic (exact) mass is 554 g/mol. The molecule has 0 unspecified atom stereocenters. The maximum absolute atomic E-state index is 13.7. The van der Waals surface area contributed by atoms with Gasteiger partial charge in [-0.15, -0.1) is 0 Å². The summed E-state index contributed by atoms with van der Waals surface area (Å²) in [5, 5.41) is 12.6. The van der Waals surface area contributed by atoms with E-state index < -0.39 is 17.9 Å². The Balaban J connectivity index is 1.77. The number of amides is 1. The van der Waals surface area contributed by atoms with Gasteiger partial charge in [0.2, 0.25) is 0 Å². The van der Waals surface area contributed by atoms with Gasteiger partial charge < -0.3 is 15.2 Å². The van der Waals surface area contributed by atoms with Crippen LogP contribution in [0.4, 0.5) is 0 Å². The molecule has 0 spiro atoms. The highest BCUT2D eigenvalue weighted by atomic mass is 32.2. The van der Waals surface area contributed by atoms with Gasteiger partial charge in [0, 0.05) is 11.8 Å². The van der Waals surface area contributed by atoms with E-state index in [1.165, 1.54) is 5.56 Å². The Morgan fingerprint density at radius 3 is 2.42 bits per heavy atom. The quantitative estimate of drug-likeness (QED) is 0.200. The molecule has 206 valence electrons. The van der Waals surface area contributed by atoms with Gasteiger partial charge in [-0.1, -0.05) is 54.6 Å². The van der Waals surface area contributed by atoms with Gasteiger partial charge in [-0.25, -0.2) is 4.79 Å². The van der Waals surface area contributed by atoms with Gasteiger partial charge in [0.05, 0.1) is 6.20 Å². The second-order valence-electron chi connectivity index (χ2n) is 9.59. The van der Waals surface area contributed by atoms with Crippen molar-refractivity contribution < 1.29 is 19.4 Å². The predicted octanol–water partition coefficient (Wildman–Crippen LogP) is 6.36. The van der Waals surface area contributed by atoms with Crippen LogP contribution in [0.5, 0.6) is 5.75 Å². The minimum Gasteiger partial charge on any atom is -0.487 e. The molecule has 4 aromatic rings. The lowest BCUT2D eigenvalue weighted by Crippen LogP contribution is -2.41. The Labute approximate surface area is 239 Å². The molecule has 1 heterocycles. The van der Waals surface area contributed by atoms with Crippen LogP contribution in [0, 0.1) is 6.92 Å². The van der Waals surface area contributed by atoms with Gasteiger partial charge in [0.1, 0.15) is 18.4 Å². The summed E-state index contributed by atoms with van der Waals surface area (Å²) in [5.41, 5.74) is 6.28. The fourth-order valence-electron chi connectivity index (χ4n) is 4.59. The molecule has 0 saturated carbocycles. The van der Waals surface area contributed by atoms with Crippen LogP contribution >= 0.6 is 11.8 Å². The molecule has 0 aliphatic rings. The molecule has 7 heteroatoms. The number of nitrogens with zero attached hydrogens (tertiary/aromatic N) is 1. The minimum absolute atomic E-state index is 0.308. The molecule has 6 nitrogen and oxygen atoms in total. The third-order valence-corrected chi connectivity index (χ3v) is 7.43. The van der Waals surface area contributed by atoms with E-state index in [9.17, 15) is 14.7 Å². The molecule has 3 aromatic carbocycles. The van der Waals surface area contributed by atoms with Crippen LogP contribution < -0.4 is 10.1 Å². The summed E-state index contributed by atoms with van der Waals surface area (Å²) in [6, 6.07) is 24.7. The number of carbonyl (C=O) groups excluding carboxylic acids is 1. The first-order valence-corrected chi connectivity index (χ1v) is 14.7. The maximum Gasteiger partial charge on any atom is 0.326 e. The van der Waals surface area contributed by atoms with Gasteiger partial charge in [-0.05, 0) is 95.8 Å². The van der Waals surface area contributed by atoms with Gasteiger partial charge in [-0.2, -0.15) is 11.8 Å². The zero-order valence-electron chi connectivity index (χ0n) is 22.8. The molecular weight excluding hydrogens is 520 g/mol. The van der Waals surface area contributed by atoms with E-state index in [2.05, 4.69) is 22.4 Å². The smallest absolute Gasteiger partial charge is 0.326 e. The van der Waals surface area contributed by atoms with Crippen molar-refractivity contribution in [1.82, 2.24) is 10.3 Å². The molecule has 1 aromatic heterocycles. The standard InChI is InChI=1S/C33H34N2O4S/c1-23-9-6-7-13-28(23)29-20-26(22-39-27-12-8-17-34-21-27)25(15-14-24-10-4-3-5-11-24)19-30(29)32(36)35-31(33(37)38)16-18-40-2/h3-13,17,19-21,31H,14-16,18,22H2,1-2H3,(H,35,36)(H,37,38)/t31-/m0/s1. The van der Waals surface area contributed by atoms with Crippen LogP contribution in [-0.4, -0.2) is 40.0 Å². The van der Waals surface area contributed by atoms with Crippen molar-refractivity contribution in [2.45, 2.75) is 38.8 Å². The maximum atomic E-state index is 13.7. The molecule has 1 amide bonds. The van der Waals surface area contributed by atoms with Crippen molar-refractivity contribution in [1.29, 1.82) is 0 Å². The first kappa shape index (κ1) is 28.9.